The number of carbonyl (C=O) groups excluding carboxylic acids is 1. The van der Waals surface area contributed by atoms with Gasteiger partial charge in [0.25, 0.3) is 0 Å². The summed E-state index contributed by atoms with van der Waals surface area (Å²) in [4.78, 5) is 11.5. The summed E-state index contributed by atoms with van der Waals surface area (Å²) in [5.41, 5.74) is 5.91. The van der Waals surface area contributed by atoms with E-state index in [1.165, 1.54) is 18.2 Å². The molecule has 1 amide bonds. The van der Waals surface area contributed by atoms with E-state index >= 15 is 0 Å². The summed E-state index contributed by atoms with van der Waals surface area (Å²) in [6.45, 7) is 5.10. The van der Waals surface area contributed by atoms with Gasteiger partial charge in [-0.05, 0) is 24.1 Å². The molecule has 0 aliphatic carbocycles. The fraction of sp³-hybridized carbons (Fsp3) is 0.462. The van der Waals surface area contributed by atoms with E-state index in [0.717, 1.165) is 0 Å². The van der Waals surface area contributed by atoms with Crippen LogP contribution in [0.2, 0.25) is 0 Å². The van der Waals surface area contributed by atoms with E-state index in [1.54, 1.807) is 0 Å². The van der Waals surface area contributed by atoms with E-state index in [1.807, 2.05) is 13.8 Å². The van der Waals surface area contributed by atoms with E-state index in [-0.39, 0.29) is 18.0 Å². The lowest BCUT2D eigenvalue weighted by atomic mass is 10.2. The van der Waals surface area contributed by atoms with Crippen molar-refractivity contribution in [2.75, 3.05) is 24.3 Å². The maximum Gasteiger partial charge on any atom is 0.226 e. The first-order valence-electron chi connectivity index (χ1n) is 5.91. The Bertz CT molecular complexity index is 408. The van der Waals surface area contributed by atoms with Crippen molar-refractivity contribution in [2.45, 2.75) is 20.3 Å². The maximum atomic E-state index is 12.9. The molecule has 0 atom stereocenters. The summed E-state index contributed by atoms with van der Waals surface area (Å²) in [6, 6.07) is 4.08. The molecule has 0 radical (unpaired) electrons. The lowest BCUT2D eigenvalue weighted by molar-refractivity contribution is -0.117. The summed E-state index contributed by atoms with van der Waals surface area (Å²) in [7, 11) is 0. The Morgan fingerprint density at radius 1 is 1.50 bits per heavy atom. The average molecular weight is 254 g/mol. The van der Waals surface area contributed by atoms with Crippen LogP contribution in [0, 0.1) is 11.7 Å². The van der Waals surface area contributed by atoms with E-state index in [4.69, 9.17) is 10.5 Å². The normalized spacial score (nSPS) is 10.7. The van der Waals surface area contributed by atoms with Crippen LogP contribution < -0.4 is 11.1 Å². The van der Waals surface area contributed by atoms with Gasteiger partial charge in [0, 0.05) is 12.3 Å². The molecule has 1 aromatic rings. The van der Waals surface area contributed by atoms with Gasteiger partial charge in [0.05, 0.1) is 18.7 Å². The van der Waals surface area contributed by atoms with Gasteiger partial charge in [-0.1, -0.05) is 13.8 Å². The molecule has 5 heteroatoms. The van der Waals surface area contributed by atoms with Crippen molar-refractivity contribution < 1.29 is 13.9 Å². The van der Waals surface area contributed by atoms with Crippen molar-refractivity contribution in [3.8, 4) is 0 Å². The first kappa shape index (κ1) is 14.4. The fourth-order valence-electron chi connectivity index (χ4n) is 1.33. The zero-order valence-electron chi connectivity index (χ0n) is 10.7. The molecule has 0 aliphatic rings. The number of nitrogens with one attached hydrogen (secondary N) is 1. The molecule has 0 fully saturated rings. The molecule has 0 bridgehead atoms. The first-order chi connectivity index (χ1) is 8.49. The highest BCUT2D eigenvalue weighted by molar-refractivity contribution is 5.91. The Morgan fingerprint density at radius 3 is 2.83 bits per heavy atom. The van der Waals surface area contributed by atoms with Gasteiger partial charge in [-0.25, -0.2) is 4.39 Å². The molecule has 0 aliphatic heterocycles. The number of carbonyl (C=O) groups is 1. The second-order valence-corrected chi connectivity index (χ2v) is 4.50. The predicted octanol–water partition coefficient (Wildman–Crippen LogP) is 2.41. The van der Waals surface area contributed by atoms with Crippen LogP contribution in [0.1, 0.15) is 20.3 Å². The summed E-state index contributed by atoms with van der Waals surface area (Å²) in [5, 5.41) is 2.63. The van der Waals surface area contributed by atoms with E-state index in [2.05, 4.69) is 5.32 Å². The van der Waals surface area contributed by atoms with Gasteiger partial charge in [0.15, 0.2) is 0 Å². The van der Waals surface area contributed by atoms with Crippen LogP contribution in [0.15, 0.2) is 18.2 Å². The third kappa shape index (κ3) is 5.14. The van der Waals surface area contributed by atoms with Gasteiger partial charge in [-0.3, -0.25) is 4.79 Å². The number of hydrogen-bond donors (Lipinski definition) is 2. The third-order valence-corrected chi connectivity index (χ3v) is 2.20. The summed E-state index contributed by atoms with van der Waals surface area (Å²) >= 11 is 0. The molecule has 1 aromatic carbocycles. The minimum absolute atomic E-state index is 0.0175. The Labute approximate surface area is 106 Å². The van der Waals surface area contributed by atoms with Crippen molar-refractivity contribution in [3.05, 3.63) is 24.0 Å². The van der Waals surface area contributed by atoms with Crippen LogP contribution >= 0.6 is 0 Å². The average Bonchev–Trinajstić information content (AvgIpc) is 2.29. The molecule has 0 aromatic heterocycles. The number of hydrogen-bond acceptors (Lipinski definition) is 3. The molecule has 0 unspecified atom stereocenters. The van der Waals surface area contributed by atoms with Crippen molar-refractivity contribution in [1.82, 2.24) is 0 Å². The van der Waals surface area contributed by atoms with Gasteiger partial charge in [0.2, 0.25) is 5.91 Å². The molecule has 4 nitrogen and oxygen atoms in total. The number of benzene rings is 1. The Kier molecular flexibility index (Phi) is 5.58. The maximum absolute atomic E-state index is 12.9. The number of amides is 1. The van der Waals surface area contributed by atoms with Gasteiger partial charge in [-0.15, -0.1) is 0 Å². The monoisotopic (exact) mass is 254 g/mol. The number of nitrogen functional groups attached to an aromatic ring is 1. The zero-order valence-corrected chi connectivity index (χ0v) is 10.7. The second kappa shape index (κ2) is 6.96. The lowest BCUT2D eigenvalue weighted by Crippen LogP contribution is -2.15. The molecule has 0 saturated heterocycles. The third-order valence-electron chi connectivity index (χ3n) is 2.20. The molecular formula is C13H19FN2O2. The largest absolute Gasteiger partial charge is 0.396 e. The zero-order chi connectivity index (χ0) is 13.5. The highest BCUT2D eigenvalue weighted by atomic mass is 19.1. The minimum Gasteiger partial charge on any atom is -0.396 e. The molecule has 100 valence electrons. The van der Waals surface area contributed by atoms with Crippen molar-refractivity contribution in [3.63, 3.8) is 0 Å². The second-order valence-electron chi connectivity index (χ2n) is 4.50. The quantitative estimate of drug-likeness (QED) is 0.605. The molecule has 0 spiro atoms. The molecule has 0 saturated carbocycles. The van der Waals surface area contributed by atoms with E-state index < -0.39 is 5.82 Å². The molecule has 18 heavy (non-hydrogen) atoms. The molecule has 3 N–H and O–H groups in total. The Morgan fingerprint density at radius 2 is 2.22 bits per heavy atom. The minimum atomic E-state index is -0.492. The van der Waals surface area contributed by atoms with Crippen LogP contribution in [0.25, 0.3) is 0 Å². The SMILES string of the molecule is CC(C)COCCC(=O)Nc1ccc(F)c(N)c1. The number of rotatable bonds is 6. The molecule has 1 rings (SSSR count). The summed E-state index contributed by atoms with van der Waals surface area (Å²) in [6.07, 6.45) is 0.268. The Balaban J connectivity index is 2.33. The molecule has 0 heterocycles. The summed E-state index contributed by atoms with van der Waals surface area (Å²) in [5.74, 6) is -0.219. The van der Waals surface area contributed by atoms with Gasteiger partial charge in [0.1, 0.15) is 5.82 Å². The van der Waals surface area contributed by atoms with Crippen LogP contribution in [0.5, 0.6) is 0 Å². The highest BCUT2D eigenvalue weighted by Crippen LogP contribution is 2.16. The standard InChI is InChI=1S/C13H19FN2O2/c1-9(2)8-18-6-5-13(17)16-10-3-4-11(14)12(15)7-10/h3-4,7,9H,5-6,8,15H2,1-2H3,(H,16,17). The van der Waals surface area contributed by atoms with E-state index in [0.29, 0.717) is 24.8 Å². The smallest absolute Gasteiger partial charge is 0.226 e. The van der Waals surface area contributed by atoms with Crippen LogP contribution in [-0.2, 0) is 9.53 Å². The van der Waals surface area contributed by atoms with Crippen LogP contribution in [-0.4, -0.2) is 19.1 Å². The predicted molar refractivity (Wildman–Crippen MR) is 69.7 cm³/mol. The topological polar surface area (TPSA) is 64.3 Å². The van der Waals surface area contributed by atoms with Gasteiger partial charge >= 0.3 is 0 Å². The van der Waals surface area contributed by atoms with Gasteiger partial charge in [-0.2, -0.15) is 0 Å². The van der Waals surface area contributed by atoms with Crippen molar-refractivity contribution in [2.24, 2.45) is 5.92 Å². The van der Waals surface area contributed by atoms with E-state index in [9.17, 15) is 9.18 Å². The van der Waals surface area contributed by atoms with Crippen molar-refractivity contribution in [1.29, 1.82) is 0 Å². The number of nitrogens with two attached hydrogens (primary N) is 1. The molecular weight excluding hydrogens is 235 g/mol. The number of ether oxygens (including phenoxy) is 1. The van der Waals surface area contributed by atoms with Crippen molar-refractivity contribution >= 4 is 17.3 Å². The van der Waals surface area contributed by atoms with Crippen LogP contribution in [0.4, 0.5) is 15.8 Å². The number of anilines is 2. The first-order valence-corrected chi connectivity index (χ1v) is 5.91. The number of halogens is 1. The lowest BCUT2D eigenvalue weighted by Gasteiger charge is -2.08. The van der Waals surface area contributed by atoms with Gasteiger partial charge < -0.3 is 15.8 Å². The fourth-order valence-corrected chi connectivity index (χ4v) is 1.33. The van der Waals surface area contributed by atoms with Crippen LogP contribution in [0.3, 0.4) is 0 Å². The summed E-state index contributed by atoms with van der Waals surface area (Å²) < 4.78 is 18.2. The highest BCUT2D eigenvalue weighted by Gasteiger charge is 2.05. The Hall–Kier alpha value is -1.62.